The maximum Gasteiger partial charge on any atom is 0.0810 e. The molecule has 10 heavy (non-hydrogen) atoms. The van der Waals surface area contributed by atoms with Crippen molar-refractivity contribution in [2.45, 2.75) is 38.9 Å². The molecular weight excluding hydrogens is 128 g/mol. The van der Waals surface area contributed by atoms with E-state index in [0.717, 1.165) is 19.4 Å². The summed E-state index contributed by atoms with van der Waals surface area (Å²) in [7, 11) is 0. The van der Waals surface area contributed by atoms with Crippen LogP contribution in [-0.2, 0) is 4.74 Å². The fourth-order valence-electron chi connectivity index (χ4n) is 0.925. The lowest BCUT2D eigenvalue weighted by atomic mass is 9.99. The molecule has 1 aliphatic heterocycles. The fourth-order valence-corrected chi connectivity index (χ4v) is 0.925. The molecule has 2 nitrogen and oxygen atoms in total. The molecule has 2 heteroatoms. The Kier molecular flexibility index (Phi) is 2.69. The normalized spacial score (nSPS) is 29.7. The van der Waals surface area contributed by atoms with Crippen molar-refractivity contribution in [1.82, 2.24) is 0 Å². The van der Waals surface area contributed by atoms with Gasteiger partial charge < -0.3 is 9.84 Å². The second-order valence-electron chi connectivity index (χ2n) is 3.25. The maximum absolute atomic E-state index is 9.11. The monoisotopic (exact) mass is 144 g/mol. The van der Waals surface area contributed by atoms with E-state index in [1.54, 1.807) is 0 Å². The molecule has 1 fully saturated rings. The summed E-state index contributed by atoms with van der Waals surface area (Å²) in [5.41, 5.74) is 0. The van der Waals surface area contributed by atoms with Crippen molar-refractivity contribution in [3.05, 3.63) is 0 Å². The van der Waals surface area contributed by atoms with Gasteiger partial charge in [0.25, 0.3) is 0 Å². The van der Waals surface area contributed by atoms with Crippen LogP contribution >= 0.6 is 0 Å². The highest BCUT2D eigenvalue weighted by Crippen LogP contribution is 2.20. The third kappa shape index (κ3) is 2.67. The van der Waals surface area contributed by atoms with Crippen LogP contribution in [0.5, 0.6) is 0 Å². The predicted octanol–water partition coefficient (Wildman–Crippen LogP) is 1.18. The van der Waals surface area contributed by atoms with Gasteiger partial charge in [-0.1, -0.05) is 6.92 Å². The Morgan fingerprint density at radius 2 is 2.20 bits per heavy atom. The number of hydrogen-bond donors (Lipinski definition) is 1. The van der Waals surface area contributed by atoms with Gasteiger partial charge in [0.1, 0.15) is 0 Å². The minimum absolute atomic E-state index is 0.168. The molecule has 1 rings (SSSR count). The van der Waals surface area contributed by atoms with Gasteiger partial charge in [0.2, 0.25) is 0 Å². The Bertz CT molecular complexity index is 97.4. The first-order valence-corrected chi connectivity index (χ1v) is 4.00. The molecule has 3 unspecified atom stereocenters. The van der Waals surface area contributed by atoms with Gasteiger partial charge in [-0.25, -0.2) is 0 Å². The molecule has 0 aromatic carbocycles. The average molecular weight is 144 g/mol. The summed E-state index contributed by atoms with van der Waals surface area (Å²) in [5.74, 6) is 0.421. The summed E-state index contributed by atoms with van der Waals surface area (Å²) in [6.45, 7) is 4.86. The first kappa shape index (κ1) is 8.02. The second-order valence-corrected chi connectivity index (χ2v) is 3.25. The minimum Gasteiger partial charge on any atom is -0.393 e. The average Bonchev–Trinajstić information content (AvgIpc) is 2.64. The van der Waals surface area contributed by atoms with Gasteiger partial charge in [0, 0.05) is 0 Å². The van der Waals surface area contributed by atoms with E-state index in [9.17, 15) is 0 Å². The van der Waals surface area contributed by atoms with E-state index < -0.39 is 0 Å². The number of aliphatic hydroxyl groups is 1. The Morgan fingerprint density at radius 3 is 2.60 bits per heavy atom. The molecular formula is C8H16O2. The van der Waals surface area contributed by atoms with E-state index in [4.69, 9.17) is 9.84 Å². The minimum atomic E-state index is -0.168. The zero-order valence-electron chi connectivity index (χ0n) is 6.71. The first-order chi connectivity index (χ1) is 4.70. The number of aliphatic hydroxyl groups excluding tert-OH is 1. The van der Waals surface area contributed by atoms with Crippen molar-refractivity contribution in [3.8, 4) is 0 Å². The summed E-state index contributed by atoms with van der Waals surface area (Å²) in [6, 6.07) is 0. The molecule has 0 saturated carbocycles. The van der Waals surface area contributed by atoms with Crippen LogP contribution in [0.15, 0.2) is 0 Å². The lowest BCUT2D eigenvalue weighted by Crippen LogP contribution is -2.13. The van der Waals surface area contributed by atoms with Crippen LogP contribution < -0.4 is 0 Å². The summed E-state index contributed by atoms with van der Waals surface area (Å²) in [4.78, 5) is 0. The molecule has 1 saturated heterocycles. The molecule has 0 amide bonds. The zero-order chi connectivity index (χ0) is 7.56. The van der Waals surface area contributed by atoms with Gasteiger partial charge in [0.05, 0.1) is 18.8 Å². The van der Waals surface area contributed by atoms with Gasteiger partial charge in [0.15, 0.2) is 0 Å². The third-order valence-electron chi connectivity index (χ3n) is 2.17. The van der Waals surface area contributed by atoms with Crippen molar-refractivity contribution in [2.24, 2.45) is 5.92 Å². The van der Waals surface area contributed by atoms with E-state index in [0.29, 0.717) is 12.0 Å². The predicted molar refractivity (Wildman–Crippen MR) is 39.8 cm³/mol. The molecule has 1 N–H and O–H groups in total. The lowest BCUT2D eigenvalue weighted by molar-refractivity contribution is 0.127. The molecule has 0 spiro atoms. The molecule has 0 aromatic rings. The molecule has 0 bridgehead atoms. The van der Waals surface area contributed by atoms with Gasteiger partial charge in [-0.05, 0) is 25.7 Å². The number of rotatable bonds is 4. The SMILES string of the molecule is CC(O)C(C)CCC1CO1. The Labute approximate surface area is 62.2 Å². The molecule has 0 aromatic heterocycles. The molecule has 0 aliphatic carbocycles. The van der Waals surface area contributed by atoms with E-state index in [1.165, 1.54) is 0 Å². The summed E-state index contributed by atoms with van der Waals surface area (Å²) in [5, 5.41) is 9.11. The largest absolute Gasteiger partial charge is 0.393 e. The van der Waals surface area contributed by atoms with Crippen LogP contribution in [-0.4, -0.2) is 23.9 Å². The Morgan fingerprint density at radius 1 is 1.60 bits per heavy atom. The first-order valence-electron chi connectivity index (χ1n) is 4.00. The molecule has 1 aliphatic rings. The third-order valence-corrected chi connectivity index (χ3v) is 2.17. The standard InChI is InChI=1S/C8H16O2/c1-6(7(2)9)3-4-8-5-10-8/h6-9H,3-5H2,1-2H3. The van der Waals surface area contributed by atoms with E-state index in [2.05, 4.69) is 6.92 Å². The summed E-state index contributed by atoms with van der Waals surface area (Å²) >= 11 is 0. The van der Waals surface area contributed by atoms with Crippen molar-refractivity contribution >= 4 is 0 Å². The van der Waals surface area contributed by atoms with Crippen molar-refractivity contribution in [1.29, 1.82) is 0 Å². The second kappa shape index (κ2) is 3.35. The van der Waals surface area contributed by atoms with Gasteiger partial charge in [-0.2, -0.15) is 0 Å². The highest BCUT2D eigenvalue weighted by atomic mass is 16.6. The molecule has 1 heterocycles. The molecule has 0 radical (unpaired) electrons. The highest BCUT2D eigenvalue weighted by molar-refractivity contribution is 4.71. The lowest BCUT2D eigenvalue weighted by Gasteiger charge is -2.12. The highest BCUT2D eigenvalue weighted by Gasteiger charge is 2.23. The fraction of sp³-hybridized carbons (Fsp3) is 1.00. The number of ether oxygens (including phenoxy) is 1. The molecule has 60 valence electrons. The van der Waals surface area contributed by atoms with Crippen LogP contribution in [0.3, 0.4) is 0 Å². The van der Waals surface area contributed by atoms with Crippen LogP contribution in [0, 0.1) is 5.92 Å². The maximum atomic E-state index is 9.11. The Balaban J connectivity index is 1.99. The van der Waals surface area contributed by atoms with Gasteiger partial charge >= 0.3 is 0 Å². The summed E-state index contributed by atoms with van der Waals surface area (Å²) < 4.78 is 5.06. The topological polar surface area (TPSA) is 32.8 Å². The van der Waals surface area contributed by atoms with E-state index >= 15 is 0 Å². The van der Waals surface area contributed by atoms with Crippen LogP contribution in [0.2, 0.25) is 0 Å². The van der Waals surface area contributed by atoms with Crippen LogP contribution in [0.4, 0.5) is 0 Å². The number of hydrogen-bond acceptors (Lipinski definition) is 2. The van der Waals surface area contributed by atoms with E-state index in [-0.39, 0.29) is 6.10 Å². The quantitative estimate of drug-likeness (QED) is 0.601. The number of epoxide rings is 1. The van der Waals surface area contributed by atoms with Gasteiger partial charge in [-0.15, -0.1) is 0 Å². The van der Waals surface area contributed by atoms with Crippen LogP contribution in [0.25, 0.3) is 0 Å². The smallest absolute Gasteiger partial charge is 0.0810 e. The van der Waals surface area contributed by atoms with Crippen molar-refractivity contribution in [2.75, 3.05) is 6.61 Å². The molecule has 3 atom stereocenters. The van der Waals surface area contributed by atoms with Crippen molar-refractivity contribution in [3.63, 3.8) is 0 Å². The van der Waals surface area contributed by atoms with Gasteiger partial charge in [-0.3, -0.25) is 0 Å². The van der Waals surface area contributed by atoms with Crippen molar-refractivity contribution < 1.29 is 9.84 Å². The zero-order valence-corrected chi connectivity index (χ0v) is 6.71. The Hall–Kier alpha value is -0.0800. The summed E-state index contributed by atoms with van der Waals surface area (Å²) in [6.07, 6.45) is 2.55. The van der Waals surface area contributed by atoms with Crippen LogP contribution in [0.1, 0.15) is 26.7 Å². The van der Waals surface area contributed by atoms with E-state index in [1.807, 2.05) is 6.92 Å².